The predicted octanol–water partition coefficient (Wildman–Crippen LogP) is 4.66. The molecule has 3 heteroatoms. The molecule has 27 heavy (non-hydrogen) atoms. The van der Waals surface area contributed by atoms with E-state index in [-0.39, 0.29) is 5.82 Å². The summed E-state index contributed by atoms with van der Waals surface area (Å²) in [7, 11) is 0. The van der Waals surface area contributed by atoms with E-state index in [0.717, 1.165) is 44.7 Å². The highest BCUT2D eigenvalue weighted by Crippen LogP contribution is 2.07. The van der Waals surface area contributed by atoms with E-state index in [0.29, 0.717) is 0 Å². The Morgan fingerprint density at radius 2 is 1.30 bits per heavy atom. The van der Waals surface area contributed by atoms with Crippen molar-refractivity contribution in [2.75, 3.05) is 19.6 Å². The van der Waals surface area contributed by atoms with Crippen LogP contribution in [0.2, 0.25) is 0 Å². The fourth-order valence-corrected chi connectivity index (χ4v) is 3.12. The molecule has 2 nitrogen and oxygen atoms in total. The smallest absolute Gasteiger partial charge is 0.123 e. The molecule has 0 atom stereocenters. The normalized spacial score (nSPS) is 11.0. The molecule has 3 rings (SSSR count). The van der Waals surface area contributed by atoms with E-state index in [1.807, 2.05) is 12.1 Å². The third kappa shape index (κ3) is 6.97. The second-order valence-electron chi connectivity index (χ2n) is 6.80. The average molecular weight is 362 g/mol. The van der Waals surface area contributed by atoms with Crippen LogP contribution in [0.5, 0.6) is 0 Å². The molecule has 0 heterocycles. The van der Waals surface area contributed by atoms with Gasteiger partial charge in [0.2, 0.25) is 0 Å². The van der Waals surface area contributed by atoms with Crippen molar-refractivity contribution in [2.24, 2.45) is 0 Å². The van der Waals surface area contributed by atoms with Crippen LogP contribution in [0.3, 0.4) is 0 Å². The molecule has 1 N–H and O–H groups in total. The van der Waals surface area contributed by atoms with E-state index in [4.69, 9.17) is 0 Å². The number of nitrogens with one attached hydrogen (secondary N) is 1. The lowest BCUT2D eigenvalue weighted by molar-refractivity contribution is 0.268. The Hall–Kier alpha value is -2.49. The molecule has 140 valence electrons. The van der Waals surface area contributed by atoms with E-state index in [9.17, 15) is 4.39 Å². The van der Waals surface area contributed by atoms with Crippen molar-refractivity contribution < 1.29 is 4.39 Å². The molecular weight excluding hydrogens is 335 g/mol. The lowest BCUT2D eigenvalue weighted by Gasteiger charge is -2.23. The first kappa shape index (κ1) is 19.3. The van der Waals surface area contributed by atoms with Gasteiger partial charge in [-0.05, 0) is 35.2 Å². The molecule has 0 saturated heterocycles. The monoisotopic (exact) mass is 362 g/mol. The van der Waals surface area contributed by atoms with Gasteiger partial charge in [-0.25, -0.2) is 4.39 Å². The van der Waals surface area contributed by atoms with Crippen molar-refractivity contribution in [2.45, 2.75) is 19.5 Å². The number of nitrogens with zero attached hydrogens (tertiary/aromatic N) is 1. The van der Waals surface area contributed by atoms with Crippen LogP contribution < -0.4 is 5.32 Å². The summed E-state index contributed by atoms with van der Waals surface area (Å²) < 4.78 is 13.0. The maximum atomic E-state index is 13.0. The van der Waals surface area contributed by atoms with Crippen molar-refractivity contribution in [1.29, 1.82) is 0 Å². The largest absolute Gasteiger partial charge is 0.311 e. The van der Waals surface area contributed by atoms with Gasteiger partial charge in [-0.2, -0.15) is 0 Å². The Kier molecular flexibility index (Phi) is 7.57. The second-order valence-corrected chi connectivity index (χ2v) is 6.80. The van der Waals surface area contributed by atoms with E-state index >= 15 is 0 Å². The summed E-state index contributed by atoms with van der Waals surface area (Å²) >= 11 is 0. The summed E-state index contributed by atoms with van der Waals surface area (Å²) in [5.41, 5.74) is 3.81. The summed E-state index contributed by atoms with van der Waals surface area (Å²) in [5.74, 6) is -0.186. The SMILES string of the molecule is Fc1ccc(CNCCN(CCc2ccccc2)Cc2ccccc2)cc1. The lowest BCUT2D eigenvalue weighted by Crippen LogP contribution is -2.33. The molecule has 0 aliphatic heterocycles. The van der Waals surface area contributed by atoms with E-state index in [2.05, 4.69) is 70.9 Å². The van der Waals surface area contributed by atoms with Crippen molar-refractivity contribution in [3.05, 3.63) is 107 Å². The van der Waals surface area contributed by atoms with Gasteiger partial charge in [0.25, 0.3) is 0 Å². The zero-order chi connectivity index (χ0) is 18.7. The zero-order valence-electron chi connectivity index (χ0n) is 15.7. The van der Waals surface area contributed by atoms with E-state index in [1.165, 1.54) is 23.3 Å². The predicted molar refractivity (Wildman–Crippen MR) is 110 cm³/mol. The minimum absolute atomic E-state index is 0.186. The number of rotatable bonds is 10. The average Bonchev–Trinajstić information content (AvgIpc) is 2.72. The zero-order valence-corrected chi connectivity index (χ0v) is 15.7. The summed E-state index contributed by atoms with van der Waals surface area (Å²) in [6, 6.07) is 27.9. The van der Waals surface area contributed by atoms with Crippen molar-refractivity contribution in [3.8, 4) is 0 Å². The Labute approximate surface area is 161 Å². The fraction of sp³-hybridized carbons (Fsp3) is 0.250. The maximum absolute atomic E-state index is 13.0. The summed E-state index contributed by atoms with van der Waals surface area (Å²) in [4.78, 5) is 2.49. The van der Waals surface area contributed by atoms with Gasteiger partial charge in [-0.15, -0.1) is 0 Å². The molecule has 0 bridgehead atoms. The fourth-order valence-electron chi connectivity index (χ4n) is 3.12. The van der Waals surface area contributed by atoms with Crippen molar-refractivity contribution in [1.82, 2.24) is 10.2 Å². The summed E-state index contributed by atoms with van der Waals surface area (Å²) in [5, 5.41) is 3.47. The van der Waals surface area contributed by atoms with Gasteiger partial charge in [0, 0.05) is 32.7 Å². The highest BCUT2D eigenvalue weighted by Gasteiger charge is 2.06. The Morgan fingerprint density at radius 1 is 0.667 bits per heavy atom. The van der Waals surface area contributed by atoms with Gasteiger partial charge < -0.3 is 5.32 Å². The van der Waals surface area contributed by atoms with Gasteiger partial charge in [0.05, 0.1) is 0 Å². The molecule has 0 amide bonds. The van der Waals surface area contributed by atoms with Crippen LogP contribution in [0.1, 0.15) is 16.7 Å². The number of benzene rings is 3. The van der Waals surface area contributed by atoms with E-state index < -0.39 is 0 Å². The lowest BCUT2D eigenvalue weighted by atomic mass is 10.1. The third-order valence-corrected chi connectivity index (χ3v) is 4.66. The van der Waals surface area contributed by atoms with Crippen LogP contribution in [0.25, 0.3) is 0 Å². The Balaban J connectivity index is 1.50. The molecule has 0 unspecified atom stereocenters. The highest BCUT2D eigenvalue weighted by molar-refractivity contribution is 5.17. The Bertz CT molecular complexity index is 772. The third-order valence-electron chi connectivity index (χ3n) is 4.66. The molecule has 0 saturated carbocycles. The van der Waals surface area contributed by atoms with Crippen LogP contribution in [0, 0.1) is 5.82 Å². The standard InChI is InChI=1S/C24H27FN2/c25-24-13-11-22(12-14-24)19-26-16-18-27(20-23-9-5-2-6-10-23)17-15-21-7-3-1-4-8-21/h1-14,26H,15-20H2. The first-order chi connectivity index (χ1) is 13.3. The quantitative estimate of drug-likeness (QED) is 0.528. The highest BCUT2D eigenvalue weighted by atomic mass is 19.1. The molecule has 0 aromatic heterocycles. The van der Waals surface area contributed by atoms with Crippen LogP contribution in [0.15, 0.2) is 84.9 Å². The van der Waals surface area contributed by atoms with E-state index in [1.54, 1.807) is 0 Å². The summed E-state index contributed by atoms with van der Waals surface area (Å²) in [6.07, 6.45) is 1.05. The van der Waals surface area contributed by atoms with Gasteiger partial charge in [-0.1, -0.05) is 72.8 Å². The molecule has 0 fully saturated rings. The van der Waals surface area contributed by atoms with Gasteiger partial charge in [0.15, 0.2) is 0 Å². The molecule has 3 aromatic rings. The van der Waals surface area contributed by atoms with Gasteiger partial charge in [-0.3, -0.25) is 4.90 Å². The molecule has 0 radical (unpaired) electrons. The van der Waals surface area contributed by atoms with Crippen LogP contribution in [0.4, 0.5) is 4.39 Å². The Morgan fingerprint density at radius 3 is 1.96 bits per heavy atom. The minimum Gasteiger partial charge on any atom is -0.311 e. The van der Waals surface area contributed by atoms with Crippen LogP contribution in [-0.2, 0) is 19.5 Å². The number of halogens is 1. The summed E-state index contributed by atoms with van der Waals surface area (Å²) in [6.45, 7) is 4.61. The molecule has 0 aliphatic rings. The molecule has 0 spiro atoms. The molecule has 3 aromatic carbocycles. The topological polar surface area (TPSA) is 15.3 Å². The van der Waals surface area contributed by atoms with Gasteiger partial charge in [0.1, 0.15) is 5.82 Å². The minimum atomic E-state index is -0.186. The molecular formula is C24H27FN2. The first-order valence-corrected chi connectivity index (χ1v) is 9.55. The van der Waals surface area contributed by atoms with Crippen LogP contribution in [-0.4, -0.2) is 24.5 Å². The maximum Gasteiger partial charge on any atom is 0.123 e. The van der Waals surface area contributed by atoms with Gasteiger partial charge >= 0.3 is 0 Å². The van der Waals surface area contributed by atoms with Crippen molar-refractivity contribution >= 4 is 0 Å². The second kappa shape index (κ2) is 10.6. The molecule has 0 aliphatic carbocycles. The van der Waals surface area contributed by atoms with Crippen LogP contribution >= 0.6 is 0 Å². The number of hydrogen-bond acceptors (Lipinski definition) is 2. The number of hydrogen-bond donors (Lipinski definition) is 1. The van der Waals surface area contributed by atoms with Crippen molar-refractivity contribution in [3.63, 3.8) is 0 Å². The first-order valence-electron chi connectivity index (χ1n) is 9.55.